The van der Waals surface area contributed by atoms with Crippen molar-refractivity contribution in [3.8, 4) is 17.6 Å². The second-order valence-corrected chi connectivity index (χ2v) is 4.97. The molecule has 0 aliphatic heterocycles. The third kappa shape index (κ3) is 6.25. The lowest BCUT2D eigenvalue weighted by Gasteiger charge is -1.98. The van der Waals surface area contributed by atoms with Gasteiger partial charge < -0.3 is 20.4 Å². The Morgan fingerprint density at radius 2 is 1.64 bits per heavy atom. The van der Waals surface area contributed by atoms with Crippen molar-refractivity contribution in [3.63, 3.8) is 0 Å². The lowest BCUT2D eigenvalue weighted by atomic mass is 10.1. The summed E-state index contributed by atoms with van der Waals surface area (Å²) in [5.74, 6) is -3.03. The molecule has 2 aromatic rings. The maximum Gasteiger partial charge on any atom is 0.346 e. The van der Waals surface area contributed by atoms with E-state index in [1.54, 1.807) is 30.3 Å². The Morgan fingerprint density at radius 3 is 2.08 bits per heavy atom. The van der Waals surface area contributed by atoms with Gasteiger partial charge in [0.25, 0.3) is 0 Å². The van der Waals surface area contributed by atoms with Gasteiger partial charge in [0.15, 0.2) is 0 Å². The Morgan fingerprint density at radius 1 is 1.04 bits per heavy atom. The Kier molecular flexibility index (Phi) is 7.00. The molecular weight excluding hydrogens is 350 g/mol. The molecule has 0 aliphatic carbocycles. The summed E-state index contributed by atoms with van der Waals surface area (Å²) < 4.78 is 0. The van der Waals surface area contributed by atoms with Crippen LogP contribution in [0.15, 0.2) is 48.0 Å². The smallest absolute Gasteiger partial charge is 0.346 e. The van der Waals surface area contributed by atoms with Crippen LogP contribution in [0.25, 0.3) is 6.08 Å². The first-order valence-corrected chi connectivity index (χ1v) is 6.98. The average molecular weight is 362 g/mol. The van der Waals surface area contributed by atoms with Crippen LogP contribution in [0.1, 0.15) is 15.9 Å². The Hall–Kier alpha value is -3.50. The number of rotatable bonds is 3. The summed E-state index contributed by atoms with van der Waals surface area (Å²) in [4.78, 5) is 20.8. The molecule has 4 N–H and O–H groups in total. The molecule has 7 nitrogen and oxygen atoms in total. The number of nitrogens with zero attached hydrogens (tertiary/aromatic N) is 1. The summed E-state index contributed by atoms with van der Waals surface area (Å²) in [6.45, 7) is 0. The second-order valence-electron chi connectivity index (χ2n) is 4.53. The third-order valence-corrected chi connectivity index (χ3v) is 2.99. The van der Waals surface area contributed by atoms with Crippen LogP contribution in [-0.2, 0) is 4.79 Å². The summed E-state index contributed by atoms with van der Waals surface area (Å²) >= 11 is 5.64. The van der Waals surface area contributed by atoms with Crippen molar-refractivity contribution in [2.24, 2.45) is 0 Å². The number of halogens is 1. The Labute approximate surface area is 147 Å². The molecule has 0 unspecified atom stereocenters. The lowest BCUT2D eigenvalue weighted by molar-refractivity contribution is -0.132. The quantitative estimate of drug-likeness (QED) is 0.374. The normalized spacial score (nSPS) is 10.2. The highest BCUT2D eigenvalue weighted by Crippen LogP contribution is 2.21. The fourth-order valence-electron chi connectivity index (χ4n) is 1.56. The predicted molar refractivity (Wildman–Crippen MR) is 89.4 cm³/mol. The van der Waals surface area contributed by atoms with Gasteiger partial charge in [-0.15, -0.1) is 0 Å². The number of nitriles is 1. The van der Waals surface area contributed by atoms with Crippen molar-refractivity contribution < 1.29 is 30.0 Å². The fraction of sp³-hybridized carbons (Fsp3) is 0. The highest BCUT2D eigenvalue weighted by atomic mass is 35.5. The van der Waals surface area contributed by atoms with Gasteiger partial charge >= 0.3 is 11.9 Å². The van der Waals surface area contributed by atoms with Crippen molar-refractivity contribution in [3.05, 3.63) is 64.2 Å². The molecule has 2 rings (SSSR count). The number of benzene rings is 2. The van der Waals surface area contributed by atoms with Gasteiger partial charge in [-0.3, -0.25) is 0 Å². The van der Waals surface area contributed by atoms with E-state index in [0.717, 1.165) is 12.1 Å². The topological polar surface area (TPSA) is 139 Å². The van der Waals surface area contributed by atoms with Crippen LogP contribution >= 0.6 is 11.6 Å². The second kappa shape index (κ2) is 8.96. The summed E-state index contributed by atoms with van der Waals surface area (Å²) in [6, 6.07) is 11.5. The zero-order chi connectivity index (χ0) is 19.0. The minimum atomic E-state index is -1.27. The third-order valence-electron chi connectivity index (χ3n) is 2.74. The van der Waals surface area contributed by atoms with Gasteiger partial charge in [0.05, 0.1) is 0 Å². The summed E-state index contributed by atoms with van der Waals surface area (Å²) in [6.07, 6.45) is 1.29. The van der Waals surface area contributed by atoms with Crippen molar-refractivity contribution >= 4 is 29.6 Å². The number of hydrogen-bond acceptors (Lipinski definition) is 5. The number of phenolic OH excluding ortho intramolecular Hbond substituents is 1. The maximum atomic E-state index is 10.5. The van der Waals surface area contributed by atoms with E-state index in [9.17, 15) is 9.59 Å². The first-order chi connectivity index (χ1) is 11.7. The standard InChI is InChI=1S/C10H6ClNO2.C7H6O4/c11-9-3-1-7(2-4-9)5-8(6-12)10(13)14;8-4-1-2-6(9)5(3-4)7(10)11/h1-5H,(H,13,14);1-3,8-9H,(H,10,11). The molecule has 0 aliphatic rings. The van der Waals surface area contributed by atoms with Crippen molar-refractivity contribution in [1.29, 1.82) is 5.26 Å². The first-order valence-electron chi connectivity index (χ1n) is 6.60. The number of aromatic carboxylic acids is 1. The zero-order valence-corrected chi connectivity index (χ0v) is 13.3. The van der Waals surface area contributed by atoms with Crippen LogP contribution in [0.4, 0.5) is 0 Å². The average Bonchev–Trinajstić information content (AvgIpc) is 2.56. The molecule has 0 bridgehead atoms. The zero-order valence-electron chi connectivity index (χ0n) is 12.5. The van der Waals surface area contributed by atoms with E-state index in [1.165, 1.54) is 12.1 Å². The maximum absolute atomic E-state index is 10.5. The number of carboxylic acid groups (broad SMARTS) is 2. The molecule has 0 saturated carbocycles. The molecule has 0 fully saturated rings. The summed E-state index contributed by atoms with van der Waals surface area (Å²) in [7, 11) is 0. The number of phenols is 2. The van der Waals surface area contributed by atoms with Crippen molar-refractivity contribution in [2.45, 2.75) is 0 Å². The SMILES string of the molecule is N#CC(=Cc1ccc(Cl)cc1)C(=O)O.O=C(O)c1cc(O)ccc1O. The van der Waals surface area contributed by atoms with E-state index < -0.39 is 11.9 Å². The van der Waals surface area contributed by atoms with Crippen LogP contribution in [0, 0.1) is 11.3 Å². The number of hydrogen-bond donors (Lipinski definition) is 4. The number of carboxylic acids is 2. The van der Waals surface area contributed by atoms with E-state index in [0.29, 0.717) is 10.6 Å². The van der Waals surface area contributed by atoms with Gasteiger partial charge in [0.1, 0.15) is 28.7 Å². The fourth-order valence-corrected chi connectivity index (χ4v) is 1.69. The highest BCUT2D eigenvalue weighted by Gasteiger charge is 2.09. The molecule has 0 heterocycles. The minimum Gasteiger partial charge on any atom is -0.508 e. The molecule has 2 aromatic carbocycles. The number of aliphatic carboxylic acids is 1. The van der Waals surface area contributed by atoms with Crippen LogP contribution in [0.2, 0.25) is 5.02 Å². The van der Waals surface area contributed by atoms with Gasteiger partial charge in [-0.2, -0.15) is 5.26 Å². The van der Waals surface area contributed by atoms with E-state index >= 15 is 0 Å². The monoisotopic (exact) mass is 361 g/mol. The molecule has 25 heavy (non-hydrogen) atoms. The molecule has 0 amide bonds. The van der Waals surface area contributed by atoms with Crippen molar-refractivity contribution in [1.82, 2.24) is 0 Å². The van der Waals surface area contributed by atoms with Gasteiger partial charge in [-0.25, -0.2) is 9.59 Å². The Bertz CT molecular complexity index is 852. The molecule has 0 saturated heterocycles. The number of aromatic hydroxyl groups is 2. The lowest BCUT2D eigenvalue weighted by Crippen LogP contribution is -1.97. The molecule has 8 heteroatoms. The molecule has 0 spiro atoms. The number of carbonyl (C=O) groups is 2. The van der Waals surface area contributed by atoms with Crippen LogP contribution in [0.5, 0.6) is 11.5 Å². The van der Waals surface area contributed by atoms with Crippen LogP contribution in [0.3, 0.4) is 0 Å². The van der Waals surface area contributed by atoms with Crippen molar-refractivity contribution in [2.75, 3.05) is 0 Å². The first kappa shape index (κ1) is 19.5. The van der Waals surface area contributed by atoms with Gasteiger partial charge in [0.2, 0.25) is 0 Å². The Balaban J connectivity index is 0.000000257. The summed E-state index contributed by atoms with van der Waals surface area (Å²) in [5.41, 5.74) is 0.0330. The molecule has 0 aromatic heterocycles. The highest BCUT2D eigenvalue weighted by molar-refractivity contribution is 6.30. The van der Waals surface area contributed by atoms with E-state index in [4.69, 9.17) is 37.3 Å². The molecule has 0 radical (unpaired) electrons. The van der Waals surface area contributed by atoms with E-state index in [-0.39, 0.29) is 22.6 Å². The molecular formula is C17H12ClNO6. The van der Waals surface area contributed by atoms with Crippen LogP contribution < -0.4 is 0 Å². The molecule has 128 valence electrons. The predicted octanol–water partition coefficient (Wildman–Crippen LogP) is 3.13. The van der Waals surface area contributed by atoms with Crippen LogP contribution in [-0.4, -0.2) is 32.4 Å². The van der Waals surface area contributed by atoms with Gasteiger partial charge in [-0.1, -0.05) is 23.7 Å². The van der Waals surface area contributed by atoms with E-state index in [2.05, 4.69) is 0 Å². The van der Waals surface area contributed by atoms with Gasteiger partial charge in [-0.05, 0) is 42.0 Å². The summed E-state index contributed by atoms with van der Waals surface area (Å²) in [5, 5.41) is 43.8. The van der Waals surface area contributed by atoms with E-state index in [1.807, 2.05) is 0 Å². The largest absolute Gasteiger partial charge is 0.508 e. The molecule has 0 atom stereocenters. The minimum absolute atomic E-state index is 0.180. The van der Waals surface area contributed by atoms with Gasteiger partial charge in [0, 0.05) is 5.02 Å².